The van der Waals surface area contributed by atoms with E-state index in [1.165, 1.54) is 17.0 Å². The Hall–Kier alpha value is -1.96. The second-order valence-corrected chi connectivity index (χ2v) is 7.58. The van der Waals surface area contributed by atoms with Crippen molar-refractivity contribution in [2.24, 2.45) is 4.99 Å². The van der Waals surface area contributed by atoms with Crippen molar-refractivity contribution in [3.8, 4) is 0 Å². The lowest BCUT2D eigenvalue weighted by Gasteiger charge is -2.36. The smallest absolute Gasteiger partial charge is 0.193 e. The summed E-state index contributed by atoms with van der Waals surface area (Å²) in [6, 6.07) is 10.7. The predicted octanol–water partition coefficient (Wildman–Crippen LogP) is 2.97. The monoisotopic (exact) mass is 390 g/mol. The molecule has 7 heteroatoms. The summed E-state index contributed by atoms with van der Waals surface area (Å²) >= 11 is 1.81. The van der Waals surface area contributed by atoms with Crippen LogP contribution in [-0.2, 0) is 11.3 Å². The van der Waals surface area contributed by atoms with E-state index < -0.39 is 0 Å². The van der Waals surface area contributed by atoms with Gasteiger partial charge in [-0.1, -0.05) is 18.2 Å². The SMILES string of the molecule is CN=C(NCC(OC)c1ccc(F)cc1)N1CCN(Cc2cccs2)CC1. The van der Waals surface area contributed by atoms with Gasteiger partial charge in [-0.25, -0.2) is 4.39 Å². The molecule has 1 unspecified atom stereocenters. The van der Waals surface area contributed by atoms with E-state index in [-0.39, 0.29) is 11.9 Å². The molecule has 146 valence electrons. The molecule has 2 heterocycles. The fourth-order valence-corrected chi connectivity index (χ4v) is 4.02. The van der Waals surface area contributed by atoms with Gasteiger partial charge in [0.15, 0.2) is 5.96 Å². The largest absolute Gasteiger partial charge is 0.375 e. The molecule has 1 saturated heterocycles. The number of thiophene rings is 1. The van der Waals surface area contributed by atoms with Crippen molar-refractivity contribution in [1.82, 2.24) is 15.1 Å². The molecule has 1 aromatic carbocycles. The topological polar surface area (TPSA) is 40.1 Å². The number of nitrogens with one attached hydrogen (secondary N) is 1. The molecule has 0 amide bonds. The zero-order valence-corrected chi connectivity index (χ0v) is 16.7. The van der Waals surface area contributed by atoms with Gasteiger partial charge in [0.25, 0.3) is 0 Å². The van der Waals surface area contributed by atoms with Crippen LogP contribution in [0.4, 0.5) is 4.39 Å². The zero-order chi connectivity index (χ0) is 19.1. The Morgan fingerprint density at radius 2 is 1.96 bits per heavy atom. The van der Waals surface area contributed by atoms with Gasteiger partial charge >= 0.3 is 0 Å². The number of ether oxygens (including phenoxy) is 1. The molecule has 2 aromatic rings. The molecule has 1 aromatic heterocycles. The van der Waals surface area contributed by atoms with Crippen LogP contribution in [0.2, 0.25) is 0 Å². The first kappa shape index (κ1) is 19.8. The number of methoxy groups -OCH3 is 1. The summed E-state index contributed by atoms with van der Waals surface area (Å²) in [5.41, 5.74) is 0.947. The van der Waals surface area contributed by atoms with E-state index in [1.807, 2.05) is 11.3 Å². The number of hydrogen-bond donors (Lipinski definition) is 1. The van der Waals surface area contributed by atoms with E-state index in [2.05, 4.69) is 37.6 Å². The highest BCUT2D eigenvalue weighted by molar-refractivity contribution is 7.09. The minimum atomic E-state index is -0.238. The Bertz CT molecular complexity index is 712. The average Bonchev–Trinajstić information content (AvgIpc) is 3.20. The van der Waals surface area contributed by atoms with Crippen LogP contribution in [0.15, 0.2) is 46.8 Å². The predicted molar refractivity (Wildman–Crippen MR) is 109 cm³/mol. The Morgan fingerprint density at radius 3 is 2.56 bits per heavy atom. The summed E-state index contributed by atoms with van der Waals surface area (Å²) in [6.45, 7) is 5.53. The average molecular weight is 391 g/mol. The van der Waals surface area contributed by atoms with Gasteiger partial charge in [-0.15, -0.1) is 11.3 Å². The summed E-state index contributed by atoms with van der Waals surface area (Å²) in [4.78, 5) is 10.6. The van der Waals surface area contributed by atoms with Gasteiger partial charge in [-0.05, 0) is 29.1 Å². The highest BCUT2D eigenvalue weighted by Gasteiger charge is 2.21. The lowest BCUT2D eigenvalue weighted by molar-refractivity contribution is 0.105. The van der Waals surface area contributed by atoms with Gasteiger partial charge in [0.2, 0.25) is 0 Å². The number of piperazine rings is 1. The minimum Gasteiger partial charge on any atom is -0.375 e. The van der Waals surface area contributed by atoms with Crippen molar-refractivity contribution in [2.75, 3.05) is 46.9 Å². The zero-order valence-electron chi connectivity index (χ0n) is 15.9. The Morgan fingerprint density at radius 1 is 1.22 bits per heavy atom. The lowest BCUT2D eigenvalue weighted by atomic mass is 10.1. The molecule has 1 atom stereocenters. The third kappa shape index (κ3) is 5.51. The fourth-order valence-electron chi connectivity index (χ4n) is 3.27. The number of guanidine groups is 1. The van der Waals surface area contributed by atoms with Gasteiger partial charge in [0, 0.05) is 58.3 Å². The van der Waals surface area contributed by atoms with E-state index >= 15 is 0 Å². The maximum absolute atomic E-state index is 13.1. The van der Waals surface area contributed by atoms with Crippen LogP contribution in [0.1, 0.15) is 16.5 Å². The Kier molecular flexibility index (Phi) is 7.20. The van der Waals surface area contributed by atoms with Crippen LogP contribution in [0, 0.1) is 5.82 Å². The molecule has 1 aliphatic heterocycles. The standard InChI is InChI=1S/C20H27FN4OS/c1-22-20(23-14-19(26-2)16-5-7-17(21)8-6-16)25-11-9-24(10-12-25)15-18-4-3-13-27-18/h3-8,13,19H,9-12,14-15H2,1-2H3,(H,22,23). The fraction of sp³-hybridized carbons (Fsp3) is 0.450. The number of benzene rings is 1. The number of hydrogen-bond acceptors (Lipinski definition) is 4. The third-order valence-electron chi connectivity index (χ3n) is 4.82. The van der Waals surface area contributed by atoms with Crippen LogP contribution in [0.3, 0.4) is 0 Å². The number of halogens is 1. The molecular weight excluding hydrogens is 363 g/mol. The summed E-state index contributed by atoms with van der Waals surface area (Å²) in [7, 11) is 3.47. The second kappa shape index (κ2) is 9.82. The highest BCUT2D eigenvalue weighted by Crippen LogP contribution is 2.17. The summed E-state index contributed by atoms with van der Waals surface area (Å²) in [5, 5.41) is 5.53. The highest BCUT2D eigenvalue weighted by atomic mass is 32.1. The van der Waals surface area contributed by atoms with Gasteiger partial charge in [-0.3, -0.25) is 9.89 Å². The second-order valence-electron chi connectivity index (χ2n) is 6.55. The molecular formula is C20H27FN4OS. The first-order chi connectivity index (χ1) is 13.2. The molecule has 1 aliphatic rings. The molecule has 1 fully saturated rings. The first-order valence-corrected chi connectivity index (χ1v) is 10.1. The molecule has 3 rings (SSSR count). The van der Waals surface area contributed by atoms with Gasteiger partial charge < -0.3 is 15.0 Å². The minimum absolute atomic E-state index is 0.150. The Balaban J connectivity index is 1.49. The molecule has 0 aliphatic carbocycles. The molecule has 0 radical (unpaired) electrons. The third-order valence-corrected chi connectivity index (χ3v) is 5.68. The first-order valence-electron chi connectivity index (χ1n) is 9.18. The van der Waals surface area contributed by atoms with Gasteiger partial charge in [0.1, 0.15) is 5.82 Å². The van der Waals surface area contributed by atoms with Crippen molar-refractivity contribution >= 4 is 17.3 Å². The maximum atomic E-state index is 13.1. The van der Waals surface area contributed by atoms with Gasteiger partial charge in [-0.2, -0.15) is 0 Å². The van der Waals surface area contributed by atoms with Crippen molar-refractivity contribution in [1.29, 1.82) is 0 Å². The van der Waals surface area contributed by atoms with Crippen molar-refractivity contribution in [3.63, 3.8) is 0 Å². The lowest BCUT2D eigenvalue weighted by Crippen LogP contribution is -2.52. The number of rotatable bonds is 6. The molecule has 5 nitrogen and oxygen atoms in total. The van der Waals surface area contributed by atoms with Crippen LogP contribution in [0.5, 0.6) is 0 Å². The quantitative estimate of drug-likeness (QED) is 0.608. The molecule has 0 bridgehead atoms. The molecule has 27 heavy (non-hydrogen) atoms. The van der Waals surface area contributed by atoms with Crippen molar-refractivity contribution in [3.05, 3.63) is 58.0 Å². The summed E-state index contributed by atoms with van der Waals surface area (Å²) in [5.74, 6) is 0.646. The van der Waals surface area contributed by atoms with Crippen LogP contribution < -0.4 is 5.32 Å². The van der Waals surface area contributed by atoms with Crippen LogP contribution in [-0.4, -0.2) is 62.6 Å². The molecule has 0 saturated carbocycles. The van der Waals surface area contributed by atoms with Crippen molar-refractivity contribution < 1.29 is 9.13 Å². The van der Waals surface area contributed by atoms with Crippen LogP contribution in [0.25, 0.3) is 0 Å². The van der Waals surface area contributed by atoms with Crippen LogP contribution >= 0.6 is 11.3 Å². The normalized spacial score (nSPS) is 17.1. The summed E-state index contributed by atoms with van der Waals surface area (Å²) < 4.78 is 18.7. The van der Waals surface area contributed by atoms with E-state index in [0.717, 1.165) is 44.2 Å². The molecule has 1 N–H and O–H groups in total. The number of aliphatic imine (C=N–C) groups is 1. The van der Waals surface area contributed by atoms with Crippen molar-refractivity contribution in [2.45, 2.75) is 12.6 Å². The van der Waals surface area contributed by atoms with E-state index in [1.54, 1.807) is 26.3 Å². The summed E-state index contributed by atoms with van der Waals surface area (Å²) in [6.07, 6.45) is -0.150. The van der Waals surface area contributed by atoms with Gasteiger partial charge in [0.05, 0.1) is 6.10 Å². The maximum Gasteiger partial charge on any atom is 0.193 e. The van der Waals surface area contributed by atoms with E-state index in [0.29, 0.717) is 6.54 Å². The van der Waals surface area contributed by atoms with E-state index in [9.17, 15) is 4.39 Å². The van der Waals surface area contributed by atoms with E-state index in [4.69, 9.17) is 4.74 Å². The molecule has 0 spiro atoms. The number of nitrogens with zero attached hydrogens (tertiary/aromatic N) is 3. The Labute approximate surface area is 164 Å².